The van der Waals surface area contributed by atoms with Crippen LogP contribution in [0.25, 0.3) is 11.0 Å². The van der Waals surface area contributed by atoms with Crippen LogP contribution in [-0.2, 0) is 16.6 Å². The summed E-state index contributed by atoms with van der Waals surface area (Å²) in [5.41, 5.74) is 1.52. The zero-order valence-corrected chi connectivity index (χ0v) is 14.9. The second-order valence-corrected chi connectivity index (χ2v) is 8.12. The van der Waals surface area contributed by atoms with Crippen LogP contribution in [0.2, 0.25) is 0 Å². The molecule has 10 heteroatoms. The molecule has 0 bridgehead atoms. The normalized spacial score (nSPS) is 17.9. The molecule has 1 amide bonds. The summed E-state index contributed by atoms with van der Waals surface area (Å²) in [6, 6.07) is 8.17. The van der Waals surface area contributed by atoms with Gasteiger partial charge in [-0.15, -0.1) is 0 Å². The number of carbonyl (C=O) groups excluding carboxylic acids is 1. The predicted molar refractivity (Wildman–Crippen MR) is 92.9 cm³/mol. The van der Waals surface area contributed by atoms with E-state index in [1.807, 2.05) is 16.8 Å². The van der Waals surface area contributed by atoms with Crippen LogP contribution in [0.5, 0.6) is 0 Å². The van der Waals surface area contributed by atoms with Gasteiger partial charge in [0.1, 0.15) is 21.6 Å². The Morgan fingerprint density at radius 3 is 2.96 bits per heavy atom. The van der Waals surface area contributed by atoms with E-state index in [0.717, 1.165) is 11.7 Å². The fourth-order valence-corrected chi connectivity index (χ4v) is 4.78. The first kappa shape index (κ1) is 16.2. The Bertz CT molecular complexity index is 1060. The van der Waals surface area contributed by atoms with Crippen molar-refractivity contribution in [2.75, 3.05) is 13.6 Å². The van der Waals surface area contributed by atoms with E-state index in [-0.39, 0.29) is 23.4 Å². The standard InChI is InChI=1S/C15H15N5O3S2/c1-19-10(9-20-7-3-5-12(20)15(19)21)8-16-25(22,23)13-6-2-4-11-14(13)18-24-17-11/h2-7,10,16H,8-9H2,1H3. The molecule has 1 aliphatic rings. The molecule has 1 N–H and O–H groups in total. The van der Waals surface area contributed by atoms with Gasteiger partial charge in [-0.1, -0.05) is 6.07 Å². The molecule has 0 radical (unpaired) electrons. The summed E-state index contributed by atoms with van der Waals surface area (Å²) in [6.45, 7) is 0.658. The summed E-state index contributed by atoms with van der Waals surface area (Å²) in [7, 11) is -2.07. The molecular formula is C15H15N5O3S2. The largest absolute Gasteiger partial charge is 0.341 e. The van der Waals surface area contributed by atoms with Crippen LogP contribution in [0, 0.1) is 0 Å². The number of aromatic nitrogens is 3. The number of sulfonamides is 1. The van der Waals surface area contributed by atoms with Crippen molar-refractivity contribution in [2.24, 2.45) is 0 Å². The lowest BCUT2D eigenvalue weighted by Gasteiger charge is -2.33. The van der Waals surface area contributed by atoms with E-state index in [1.54, 1.807) is 30.1 Å². The Labute approximate surface area is 148 Å². The van der Waals surface area contributed by atoms with Gasteiger partial charge in [0.15, 0.2) is 0 Å². The van der Waals surface area contributed by atoms with Crippen LogP contribution in [-0.4, -0.2) is 52.2 Å². The Balaban J connectivity index is 1.57. The van der Waals surface area contributed by atoms with Crippen molar-refractivity contribution in [3.63, 3.8) is 0 Å². The lowest BCUT2D eigenvalue weighted by molar-refractivity contribution is 0.0661. The van der Waals surface area contributed by atoms with Crippen LogP contribution < -0.4 is 4.72 Å². The number of nitrogens with zero attached hydrogens (tertiary/aromatic N) is 4. The van der Waals surface area contributed by atoms with Gasteiger partial charge in [-0.05, 0) is 24.3 Å². The first-order valence-corrected chi connectivity index (χ1v) is 9.82. The van der Waals surface area contributed by atoms with E-state index in [9.17, 15) is 13.2 Å². The number of nitrogens with one attached hydrogen (secondary N) is 1. The summed E-state index contributed by atoms with van der Waals surface area (Å²) in [5.74, 6) is -0.119. The van der Waals surface area contributed by atoms with Crippen molar-refractivity contribution in [2.45, 2.75) is 17.5 Å². The maximum Gasteiger partial charge on any atom is 0.270 e. The summed E-state index contributed by atoms with van der Waals surface area (Å²) < 4.78 is 38.0. The molecule has 3 heterocycles. The van der Waals surface area contributed by atoms with Crippen molar-refractivity contribution >= 4 is 38.7 Å². The van der Waals surface area contributed by atoms with Crippen LogP contribution in [0.1, 0.15) is 10.5 Å². The Morgan fingerprint density at radius 1 is 1.28 bits per heavy atom. The number of hydrogen-bond acceptors (Lipinski definition) is 6. The van der Waals surface area contributed by atoms with E-state index < -0.39 is 10.0 Å². The number of likely N-dealkylation sites (N-methyl/N-ethyl adjacent to an activating group) is 1. The number of benzene rings is 1. The van der Waals surface area contributed by atoms with Crippen molar-refractivity contribution in [3.05, 3.63) is 42.2 Å². The molecule has 0 saturated carbocycles. The quantitative estimate of drug-likeness (QED) is 0.729. The molecular weight excluding hydrogens is 362 g/mol. The highest BCUT2D eigenvalue weighted by Gasteiger charge is 2.30. The average molecular weight is 377 g/mol. The van der Waals surface area contributed by atoms with Crippen molar-refractivity contribution in [1.82, 2.24) is 22.9 Å². The zero-order valence-electron chi connectivity index (χ0n) is 13.3. The Hall–Kier alpha value is -2.30. The lowest BCUT2D eigenvalue weighted by Crippen LogP contribution is -2.50. The van der Waals surface area contributed by atoms with Gasteiger partial charge in [-0.2, -0.15) is 8.75 Å². The minimum atomic E-state index is -3.75. The van der Waals surface area contributed by atoms with Gasteiger partial charge < -0.3 is 9.47 Å². The van der Waals surface area contributed by atoms with Gasteiger partial charge >= 0.3 is 0 Å². The molecule has 1 atom stereocenters. The molecule has 1 unspecified atom stereocenters. The number of carbonyl (C=O) groups is 1. The molecule has 0 aliphatic carbocycles. The highest BCUT2D eigenvalue weighted by Crippen LogP contribution is 2.21. The smallest absolute Gasteiger partial charge is 0.270 e. The minimum Gasteiger partial charge on any atom is -0.341 e. The molecule has 0 fully saturated rings. The average Bonchev–Trinajstić information content (AvgIpc) is 3.25. The van der Waals surface area contributed by atoms with Gasteiger partial charge in [-0.3, -0.25) is 4.79 Å². The molecule has 25 heavy (non-hydrogen) atoms. The highest BCUT2D eigenvalue weighted by atomic mass is 32.2. The van der Waals surface area contributed by atoms with E-state index in [0.29, 0.717) is 23.3 Å². The highest BCUT2D eigenvalue weighted by molar-refractivity contribution is 7.89. The predicted octanol–water partition coefficient (Wildman–Crippen LogP) is 0.925. The van der Waals surface area contributed by atoms with Crippen molar-refractivity contribution in [3.8, 4) is 0 Å². The summed E-state index contributed by atoms with van der Waals surface area (Å²) in [6.07, 6.45) is 1.82. The maximum absolute atomic E-state index is 12.7. The summed E-state index contributed by atoms with van der Waals surface area (Å²) in [4.78, 5) is 14.0. The Kier molecular flexibility index (Phi) is 3.82. The topological polar surface area (TPSA) is 97.2 Å². The van der Waals surface area contributed by atoms with Gasteiger partial charge in [0.2, 0.25) is 10.0 Å². The summed E-state index contributed by atoms with van der Waals surface area (Å²) in [5, 5.41) is 0. The monoisotopic (exact) mass is 377 g/mol. The van der Waals surface area contributed by atoms with Gasteiger partial charge in [0.25, 0.3) is 5.91 Å². The maximum atomic E-state index is 12.7. The van der Waals surface area contributed by atoms with Gasteiger partial charge in [0.05, 0.1) is 17.8 Å². The van der Waals surface area contributed by atoms with Gasteiger partial charge in [0, 0.05) is 26.3 Å². The first-order valence-electron chi connectivity index (χ1n) is 7.60. The van der Waals surface area contributed by atoms with E-state index in [2.05, 4.69) is 13.5 Å². The fraction of sp³-hybridized carbons (Fsp3) is 0.267. The SMILES string of the molecule is CN1C(=O)c2cccn2CC1CNS(=O)(=O)c1cccc2nsnc12. The van der Waals surface area contributed by atoms with Crippen molar-refractivity contribution in [1.29, 1.82) is 0 Å². The van der Waals surface area contributed by atoms with Crippen LogP contribution in [0.15, 0.2) is 41.4 Å². The molecule has 4 rings (SSSR count). The van der Waals surface area contributed by atoms with E-state index in [4.69, 9.17) is 0 Å². The van der Waals surface area contributed by atoms with Crippen molar-refractivity contribution < 1.29 is 13.2 Å². The minimum absolute atomic E-state index is 0.102. The van der Waals surface area contributed by atoms with E-state index >= 15 is 0 Å². The molecule has 1 aromatic carbocycles. The number of rotatable bonds is 4. The second kappa shape index (κ2) is 5.90. The molecule has 2 aromatic heterocycles. The third kappa shape index (κ3) is 2.71. The van der Waals surface area contributed by atoms with Gasteiger partial charge in [-0.25, -0.2) is 13.1 Å². The number of amides is 1. The molecule has 130 valence electrons. The summed E-state index contributed by atoms with van der Waals surface area (Å²) >= 11 is 0.975. The van der Waals surface area contributed by atoms with Crippen LogP contribution >= 0.6 is 11.7 Å². The molecule has 0 spiro atoms. The van der Waals surface area contributed by atoms with Crippen LogP contribution in [0.3, 0.4) is 0 Å². The zero-order chi connectivity index (χ0) is 17.6. The lowest BCUT2D eigenvalue weighted by atomic mass is 10.2. The number of fused-ring (bicyclic) bond motifs is 2. The third-order valence-electron chi connectivity index (χ3n) is 4.37. The molecule has 8 nitrogen and oxygen atoms in total. The first-order chi connectivity index (χ1) is 12.0. The fourth-order valence-electron chi connectivity index (χ4n) is 2.95. The molecule has 3 aromatic rings. The van der Waals surface area contributed by atoms with Crippen LogP contribution in [0.4, 0.5) is 0 Å². The molecule has 0 saturated heterocycles. The molecule has 1 aliphatic heterocycles. The number of hydrogen-bond donors (Lipinski definition) is 1. The second-order valence-electron chi connectivity index (χ2n) is 5.86. The van der Waals surface area contributed by atoms with E-state index in [1.165, 1.54) is 6.07 Å². The Morgan fingerprint density at radius 2 is 2.12 bits per heavy atom. The third-order valence-corrected chi connectivity index (χ3v) is 6.37.